The van der Waals surface area contributed by atoms with Gasteiger partial charge in [-0.25, -0.2) is 0 Å². The lowest BCUT2D eigenvalue weighted by atomic mass is 10.3. The van der Waals surface area contributed by atoms with Crippen LogP contribution in [-0.2, 0) is 33.4 Å². The third-order valence-corrected chi connectivity index (χ3v) is 1.76. The standard InChI is InChI=1S/C9H14O6.C6H10O/c1-6(10)13-4-9(15-8(3)12)5-14-7(2)11;1-2-3-4-5-6-7/h9H,4-5H2,1-3H3;3-4,6H,2,5H2,1H3/b;4-3-/i;3D,4D. The Morgan fingerprint density at radius 3 is 1.82 bits per heavy atom. The normalized spacial score (nSPS) is 11.9. The molecule has 0 N–H and O–H groups in total. The summed E-state index contributed by atoms with van der Waals surface area (Å²) in [7, 11) is 0. The summed E-state index contributed by atoms with van der Waals surface area (Å²) < 4.78 is 28.1. The lowest BCUT2D eigenvalue weighted by molar-refractivity contribution is -0.163. The SMILES string of the molecule is CC(=O)OCC(COC(C)=O)OC(C)=O.[2H]/C(CC)=C(\[2H])CC=O. The molecule has 0 aromatic rings. The molecular weight excluding hydrogens is 292 g/mol. The average Bonchev–Trinajstić information content (AvgIpc) is 2.49. The Hall–Kier alpha value is -2.18. The third-order valence-electron chi connectivity index (χ3n) is 1.76. The first-order chi connectivity index (χ1) is 11.1. The highest BCUT2D eigenvalue weighted by Gasteiger charge is 2.15. The van der Waals surface area contributed by atoms with Gasteiger partial charge in [-0.1, -0.05) is 19.0 Å². The fourth-order valence-corrected chi connectivity index (χ4v) is 1.01. The average molecular weight is 318 g/mol. The van der Waals surface area contributed by atoms with Crippen LogP contribution in [0.5, 0.6) is 0 Å². The van der Waals surface area contributed by atoms with Crippen molar-refractivity contribution in [2.75, 3.05) is 13.2 Å². The molecule has 0 fully saturated rings. The molecule has 0 spiro atoms. The van der Waals surface area contributed by atoms with E-state index >= 15 is 0 Å². The van der Waals surface area contributed by atoms with Gasteiger partial charge in [0.05, 0.1) is 2.74 Å². The van der Waals surface area contributed by atoms with Crippen molar-refractivity contribution in [2.24, 2.45) is 0 Å². The van der Waals surface area contributed by atoms with Gasteiger partial charge in [0.1, 0.15) is 19.5 Å². The van der Waals surface area contributed by atoms with Crippen LogP contribution in [0.3, 0.4) is 0 Å². The Morgan fingerprint density at radius 1 is 1.00 bits per heavy atom. The minimum absolute atomic E-state index is 0.0761. The van der Waals surface area contributed by atoms with E-state index in [-0.39, 0.29) is 31.7 Å². The molecule has 0 aliphatic heterocycles. The topological polar surface area (TPSA) is 96.0 Å². The molecule has 0 aliphatic rings. The highest BCUT2D eigenvalue weighted by molar-refractivity contribution is 5.67. The van der Waals surface area contributed by atoms with Crippen LogP contribution in [0.15, 0.2) is 12.1 Å². The van der Waals surface area contributed by atoms with Crippen molar-refractivity contribution in [3.63, 3.8) is 0 Å². The first-order valence-electron chi connectivity index (χ1n) is 7.66. The molecule has 0 atom stereocenters. The number of aldehydes is 1. The van der Waals surface area contributed by atoms with Gasteiger partial charge in [0.2, 0.25) is 0 Å². The van der Waals surface area contributed by atoms with Crippen LogP contribution in [0.25, 0.3) is 0 Å². The van der Waals surface area contributed by atoms with E-state index in [1.807, 2.05) is 0 Å². The maximum atomic E-state index is 10.6. The monoisotopic (exact) mass is 318 g/mol. The van der Waals surface area contributed by atoms with E-state index in [2.05, 4.69) is 9.47 Å². The van der Waals surface area contributed by atoms with Crippen molar-refractivity contribution < 1.29 is 36.1 Å². The van der Waals surface area contributed by atoms with Gasteiger partial charge in [0.15, 0.2) is 6.10 Å². The van der Waals surface area contributed by atoms with Crippen molar-refractivity contribution in [3.8, 4) is 0 Å². The molecular formula is C15H24O7. The molecule has 0 unspecified atom stereocenters. The van der Waals surface area contributed by atoms with Gasteiger partial charge in [-0.3, -0.25) is 14.4 Å². The molecule has 22 heavy (non-hydrogen) atoms. The number of hydrogen-bond donors (Lipinski definition) is 0. The molecule has 0 aliphatic carbocycles. The fraction of sp³-hybridized carbons (Fsp3) is 0.600. The Kier molecular flexibility index (Phi) is 12.4. The van der Waals surface area contributed by atoms with Gasteiger partial charge in [0.25, 0.3) is 0 Å². The maximum Gasteiger partial charge on any atom is 0.303 e. The quantitative estimate of drug-likeness (QED) is 0.290. The zero-order valence-electron chi connectivity index (χ0n) is 15.3. The van der Waals surface area contributed by atoms with Gasteiger partial charge in [-0.2, -0.15) is 0 Å². The molecule has 0 radical (unpaired) electrons. The molecule has 0 saturated carbocycles. The molecule has 0 bridgehead atoms. The Bertz CT molecular complexity index is 443. The van der Waals surface area contributed by atoms with Crippen LogP contribution in [0.1, 0.15) is 43.3 Å². The molecule has 126 valence electrons. The van der Waals surface area contributed by atoms with E-state index in [1.165, 1.54) is 20.8 Å². The number of esters is 3. The Morgan fingerprint density at radius 2 is 1.50 bits per heavy atom. The summed E-state index contributed by atoms with van der Waals surface area (Å²) in [6.45, 7) is 5.23. The number of carbonyl (C=O) groups is 4. The van der Waals surface area contributed by atoms with E-state index in [9.17, 15) is 19.2 Å². The van der Waals surface area contributed by atoms with Gasteiger partial charge >= 0.3 is 17.9 Å². The zero-order chi connectivity index (χ0) is 19.1. The fourth-order valence-electron chi connectivity index (χ4n) is 1.01. The maximum absolute atomic E-state index is 10.6. The van der Waals surface area contributed by atoms with Crippen LogP contribution in [-0.4, -0.2) is 43.5 Å². The largest absolute Gasteiger partial charge is 0.462 e. The number of hydrogen-bond acceptors (Lipinski definition) is 7. The first kappa shape index (κ1) is 17.9. The van der Waals surface area contributed by atoms with Crippen LogP contribution in [0, 0.1) is 0 Å². The zero-order valence-corrected chi connectivity index (χ0v) is 13.3. The van der Waals surface area contributed by atoms with E-state index < -0.39 is 24.0 Å². The van der Waals surface area contributed by atoms with Gasteiger partial charge in [-0.15, -0.1) is 0 Å². The van der Waals surface area contributed by atoms with Gasteiger partial charge < -0.3 is 19.0 Å². The third kappa shape index (κ3) is 20.1. The summed E-state index contributed by atoms with van der Waals surface area (Å²) in [6.07, 6.45) is 0.501. The van der Waals surface area contributed by atoms with Crippen LogP contribution in [0.2, 0.25) is 0 Å². The molecule has 0 aromatic carbocycles. The van der Waals surface area contributed by atoms with Crippen LogP contribution >= 0.6 is 0 Å². The number of carbonyl (C=O) groups excluding carboxylic acids is 4. The number of allylic oxidation sites excluding steroid dienone is 2. The highest BCUT2D eigenvalue weighted by atomic mass is 16.6. The minimum atomic E-state index is -0.754. The predicted molar refractivity (Wildman–Crippen MR) is 78.9 cm³/mol. The van der Waals surface area contributed by atoms with Crippen LogP contribution < -0.4 is 0 Å². The summed E-state index contributed by atoms with van der Waals surface area (Å²) in [4.78, 5) is 41.4. The second kappa shape index (κ2) is 15.2. The van der Waals surface area contributed by atoms with Gasteiger partial charge in [-0.05, 0) is 6.42 Å². The summed E-state index contributed by atoms with van der Waals surface area (Å²) in [5, 5.41) is 0. The van der Waals surface area contributed by atoms with Crippen molar-refractivity contribution >= 4 is 24.2 Å². The number of rotatable bonds is 8. The second-order valence-electron chi connectivity index (χ2n) is 3.91. The van der Waals surface area contributed by atoms with Crippen molar-refractivity contribution in [1.29, 1.82) is 0 Å². The first-order valence-corrected chi connectivity index (χ1v) is 6.66. The molecule has 7 nitrogen and oxygen atoms in total. The smallest absolute Gasteiger partial charge is 0.303 e. The van der Waals surface area contributed by atoms with E-state index in [1.54, 1.807) is 6.92 Å². The lowest BCUT2D eigenvalue weighted by Crippen LogP contribution is -2.29. The van der Waals surface area contributed by atoms with Crippen molar-refractivity contribution in [1.82, 2.24) is 0 Å². The summed E-state index contributed by atoms with van der Waals surface area (Å²) in [6, 6.07) is 0.384. The highest BCUT2D eigenvalue weighted by Crippen LogP contribution is 1.97. The Balaban J connectivity index is 0. The van der Waals surface area contributed by atoms with E-state index in [4.69, 9.17) is 7.48 Å². The van der Waals surface area contributed by atoms with E-state index in [0.29, 0.717) is 12.7 Å². The molecule has 0 saturated heterocycles. The van der Waals surface area contributed by atoms with Crippen LogP contribution in [0.4, 0.5) is 0 Å². The summed E-state index contributed by atoms with van der Waals surface area (Å²) in [5.41, 5.74) is 0. The summed E-state index contributed by atoms with van der Waals surface area (Å²) in [5.74, 6) is -1.51. The molecule has 0 amide bonds. The number of ether oxygens (including phenoxy) is 3. The molecule has 0 rings (SSSR count). The second-order valence-corrected chi connectivity index (χ2v) is 3.91. The molecule has 0 aromatic heterocycles. The predicted octanol–water partition coefficient (Wildman–Crippen LogP) is 1.59. The van der Waals surface area contributed by atoms with E-state index in [0.717, 1.165) is 0 Å². The molecule has 0 heterocycles. The Labute approximate surface area is 133 Å². The molecule has 7 heteroatoms. The summed E-state index contributed by atoms with van der Waals surface area (Å²) >= 11 is 0. The van der Waals surface area contributed by atoms with Gasteiger partial charge in [0, 0.05) is 27.2 Å². The lowest BCUT2D eigenvalue weighted by Gasteiger charge is -2.15. The van der Waals surface area contributed by atoms with Crippen molar-refractivity contribution in [3.05, 3.63) is 12.1 Å². The van der Waals surface area contributed by atoms with Crippen molar-refractivity contribution in [2.45, 2.75) is 46.6 Å². The minimum Gasteiger partial charge on any atom is -0.462 e.